The number of nitrogens with two attached hydrogens (primary N) is 1. The van der Waals surface area contributed by atoms with Gasteiger partial charge in [-0.2, -0.15) is 0 Å². The molecule has 0 saturated carbocycles. The molecule has 1 saturated heterocycles. The third-order valence-corrected chi connectivity index (χ3v) is 4.56. The van der Waals surface area contributed by atoms with E-state index in [4.69, 9.17) is 10.5 Å². The van der Waals surface area contributed by atoms with Gasteiger partial charge in [-0.05, 0) is 23.1 Å². The van der Waals surface area contributed by atoms with Gasteiger partial charge in [-0.1, -0.05) is 51.1 Å². The first-order valence-corrected chi connectivity index (χ1v) is 8.56. The summed E-state index contributed by atoms with van der Waals surface area (Å²) in [7, 11) is 0. The predicted molar refractivity (Wildman–Crippen MR) is 98.1 cm³/mol. The van der Waals surface area contributed by atoms with Gasteiger partial charge >= 0.3 is 0 Å². The van der Waals surface area contributed by atoms with Crippen LogP contribution in [0, 0.1) is 5.41 Å². The number of ether oxygens (including phenoxy) is 1. The summed E-state index contributed by atoms with van der Waals surface area (Å²) in [5.74, 6) is 0.374. The maximum absolute atomic E-state index is 12.9. The first-order chi connectivity index (χ1) is 11.8. The molecule has 1 aromatic heterocycles. The first kappa shape index (κ1) is 17.4. The summed E-state index contributed by atoms with van der Waals surface area (Å²) in [6, 6.07) is 13.4. The summed E-state index contributed by atoms with van der Waals surface area (Å²) in [4.78, 5) is 18.9. The highest BCUT2D eigenvalue weighted by Gasteiger charge is 2.37. The Morgan fingerprint density at radius 2 is 1.88 bits per heavy atom. The van der Waals surface area contributed by atoms with Crippen molar-refractivity contribution in [2.75, 3.05) is 18.8 Å². The smallest absolute Gasteiger partial charge is 0.255 e. The van der Waals surface area contributed by atoms with Gasteiger partial charge in [0.15, 0.2) is 0 Å². The molecule has 0 spiro atoms. The number of nitrogens with zero attached hydrogens (tertiary/aromatic N) is 2. The van der Waals surface area contributed by atoms with Crippen LogP contribution in [0.25, 0.3) is 0 Å². The number of rotatable bonds is 2. The summed E-state index contributed by atoms with van der Waals surface area (Å²) in [5.41, 5.74) is 7.20. The number of aromatic nitrogens is 1. The molecule has 2 aromatic rings. The van der Waals surface area contributed by atoms with Gasteiger partial charge in [0, 0.05) is 12.7 Å². The van der Waals surface area contributed by atoms with Crippen molar-refractivity contribution in [3.63, 3.8) is 0 Å². The lowest BCUT2D eigenvalue weighted by Crippen LogP contribution is -2.51. The highest BCUT2D eigenvalue weighted by atomic mass is 16.5. The van der Waals surface area contributed by atoms with Crippen molar-refractivity contribution >= 4 is 11.7 Å². The van der Waals surface area contributed by atoms with E-state index in [2.05, 4.69) is 25.8 Å². The van der Waals surface area contributed by atoms with Crippen molar-refractivity contribution in [3.05, 3.63) is 59.8 Å². The minimum atomic E-state index is -0.134. The number of pyridine rings is 1. The van der Waals surface area contributed by atoms with Gasteiger partial charge in [0.1, 0.15) is 11.9 Å². The minimum Gasteiger partial charge on any atom is -0.384 e. The van der Waals surface area contributed by atoms with Crippen molar-refractivity contribution < 1.29 is 9.53 Å². The summed E-state index contributed by atoms with van der Waals surface area (Å²) >= 11 is 0. The van der Waals surface area contributed by atoms with Crippen LogP contribution in [0.5, 0.6) is 0 Å². The Morgan fingerprint density at radius 1 is 1.16 bits per heavy atom. The zero-order valence-electron chi connectivity index (χ0n) is 15.0. The van der Waals surface area contributed by atoms with Crippen LogP contribution >= 0.6 is 0 Å². The van der Waals surface area contributed by atoms with Gasteiger partial charge in [0.2, 0.25) is 0 Å². The monoisotopic (exact) mass is 339 g/mol. The Kier molecular flexibility index (Phi) is 4.77. The quantitative estimate of drug-likeness (QED) is 0.911. The van der Waals surface area contributed by atoms with Crippen molar-refractivity contribution in [2.24, 2.45) is 5.41 Å². The van der Waals surface area contributed by atoms with Crippen LogP contribution < -0.4 is 5.73 Å². The molecule has 0 aliphatic carbocycles. The molecule has 25 heavy (non-hydrogen) atoms. The summed E-state index contributed by atoms with van der Waals surface area (Å²) in [6.07, 6.45) is 1.36. The van der Waals surface area contributed by atoms with Crippen LogP contribution in [0.4, 0.5) is 5.82 Å². The largest absolute Gasteiger partial charge is 0.384 e. The van der Waals surface area contributed by atoms with E-state index in [0.29, 0.717) is 24.5 Å². The first-order valence-electron chi connectivity index (χ1n) is 8.56. The Labute approximate surface area is 148 Å². The fourth-order valence-corrected chi connectivity index (χ4v) is 2.97. The number of hydrogen-bond acceptors (Lipinski definition) is 4. The molecule has 0 unspecified atom stereocenters. The molecule has 2 atom stereocenters. The van der Waals surface area contributed by atoms with E-state index in [1.165, 1.54) is 6.20 Å². The van der Waals surface area contributed by atoms with Gasteiger partial charge < -0.3 is 15.4 Å². The molecule has 5 nitrogen and oxygen atoms in total. The van der Waals surface area contributed by atoms with Crippen LogP contribution in [0.2, 0.25) is 0 Å². The van der Waals surface area contributed by atoms with Gasteiger partial charge in [-0.15, -0.1) is 0 Å². The topological polar surface area (TPSA) is 68.5 Å². The number of carbonyl (C=O) groups is 1. The summed E-state index contributed by atoms with van der Waals surface area (Å²) in [5, 5.41) is 0. The maximum Gasteiger partial charge on any atom is 0.255 e. The van der Waals surface area contributed by atoms with E-state index >= 15 is 0 Å². The van der Waals surface area contributed by atoms with E-state index in [1.807, 2.05) is 35.2 Å². The normalized spacial score (nSPS) is 21.2. The van der Waals surface area contributed by atoms with Crippen molar-refractivity contribution in [2.45, 2.75) is 33.0 Å². The van der Waals surface area contributed by atoms with Crippen molar-refractivity contribution in [3.8, 4) is 0 Å². The van der Waals surface area contributed by atoms with Crippen molar-refractivity contribution in [1.29, 1.82) is 0 Å². The average molecular weight is 339 g/mol. The molecule has 1 aromatic carbocycles. The molecule has 5 heteroatoms. The van der Waals surface area contributed by atoms with E-state index in [9.17, 15) is 4.79 Å². The molecule has 1 aliphatic rings. The predicted octanol–water partition coefficient (Wildman–Crippen LogP) is 3.29. The SMILES string of the molecule is CC(C)(C)[C@H]1CN(C(=O)c2ccc(N)nc2)C[C@@H](c2ccccc2)O1. The fraction of sp³-hybridized carbons (Fsp3) is 0.400. The van der Waals surface area contributed by atoms with Gasteiger partial charge in [-0.3, -0.25) is 4.79 Å². The van der Waals surface area contributed by atoms with E-state index in [-0.39, 0.29) is 23.5 Å². The molecule has 1 fully saturated rings. The Morgan fingerprint density at radius 3 is 2.48 bits per heavy atom. The molecule has 3 rings (SSSR count). The Bertz CT molecular complexity index is 723. The zero-order chi connectivity index (χ0) is 18.0. The molecule has 1 amide bonds. The number of hydrogen-bond donors (Lipinski definition) is 1. The van der Waals surface area contributed by atoms with Gasteiger partial charge in [0.25, 0.3) is 5.91 Å². The number of amides is 1. The third-order valence-electron chi connectivity index (χ3n) is 4.56. The highest BCUT2D eigenvalue weighted by Crippen LogP contribution is 2.34. The number of benzene rings is 1. The lowest BCUT2D eigenvalue weighted by atomic mass is 9.87. The molecule has 2 N–H and O–H groups in total. The fourth-order valence-electron chi connectivity index (χ4n) is 2.97. The number of nitrogen functional groups attached to an aromatic ring is 1. The number of anilines is 1. The third kappa shape index (κ3) is 3.99. The van der Waals surface area contributed by atoms with Crippen LogP contribution in [0.3, 0.4) is 0 Å². The molecule has 132 valence electrons. The standard InChI is InChI=1S/C20H25N3O2/c1-20(2,3)17-13-23(19(24)15-9-10-18(21)22-11-15)12-16(25-17)14-7-5-4-6-8-14/h4-11,16-17H,12-13H2,1-3H3,(H2,21,22)/t16-,17+/m0/s1. The lowest BCUT2D eigenvalue weighted by Gasteiger charge is -2.43. The summed E-state index contributed by atoms with van der Waals surface area (Å²) < 4.78 is 6.34. The van der Waals surface area contributed by atoms with Gasteiger partial charge in [0.05, 0.1) is 18.2 Å². The van der Waals surface area contributed by atoms with E-state index in [0.717, 1.165) is 5.56 Å². The van der Waals surface area contributed by atoms with Crippen LogP contribution in [0.15, 0.2) is 48.7 Å². The van der Waals surface area contributed by atoms with E-state index < -0.39 is 0 Å². The Hall–Kier alpha value is -2.40. The maximum atomic E-state index is 12.9. The minimum absolute atomic E-state index is 0.0361. The summed E-state index contributed by atoms with van der Waals surface area (Å²) in [6.45, 7) is 7.51. The van der Waals surface area contributed by atoms with Crippen LogP contribution in [-0.2, 0) is 4.74 Å². The Balaban J connectivity index is 1.87. The van der Waals surface area contributed by atoms with Gasteiger partial charge in [-0.25, -0.2) is 4.98 Å². The number of carbonyl (C=O) groups excluding carboxylic acids is 1. The van der Waals surface area contributed by atoms with Crippen LogP contribution in [0.1, 0.15) is 42.8 Å². The average Bonchev–Trinajstić information content (AvgIpc) is 2.61. The molecule has 0 bridgehead atoms. The van der Waals surface area contributed by atoms with E-state index in [1.54, 1.807) is 12.1 Å². The molecule has 2 heterocycles. The number of morpholine rings is 1. The van der Waals surface area contributed by atoms with Crippen LogP contribution in [-0.4, -0.2) is 35.0 Å². The molecule has 1 aliphatic heterocycles. The lowest BCUT2D eigenvalue weighted by molar-refractivity contribution is -0.119. The molecular formula is C20H25N3O2. The zero-order valence-corrected chi connectivity index (χ0v) is 15.0. The second-order valence-electron chi connectivity index (χ2n) is 7.57. The van der Waals surface area contributed by atoms with Crippen molar-refractivity contribution in [1.82, 2.24) is 9.88 Å². The second-order valence-corrected chi connectivity index (χ2v) is 7.57. The molecule has 0 radical (unpaired) electrons. The molecular weight excluding hydrogens is 314 g/mol. The second kappa shape index (κ2) is 6.84. The highest BCUT2D eigenvalue weighted by molar-refractivity contribution is 5.94.